The van der Waals surface area contributed by atoms with E-state index in [-0.39, 0.29) is 0 Å². The average molecular weight is 298 g/mol. The van der Waals surface area contributed by atoms with Crippen LogP contribution in [0.25, 0.3) is 6.08 Å². The van der Waals surface area contributed by atoms with Crippen molar-refractivity contribution >= 4 is 35.4 Å². The predicted octanol–water partition coefficient (Wildman–Crippen LogP) is 3.78. The van der Waals surface area contributed by atoms with Crippen molar-refractivity contribution in [2.45, 2.75) is 26.4 Å². The molecule has 2 N–H and O–H groups in total. The highest BCUT2D eigenvalue weighted by atomic mass is 35.5. The molecule has 1 aromatic carbocycles. The Kier molecular flexibility index (Phi) is 5.16. The summed E-state index contributed by atoms with van der Waals surface area (Å²) >= 11 is 5.96. The number of hydrogen-bond donors (Lipinski definition) is 2. The van der Waals surface area contributed by atoms with Gasteiger partial charge in [-0.25, -0.2) is 9.59 Å². The molecule has 0 aliphatic rings. The number of rotatable bonds is 3. The zero-order valence-electron chi connectivity index (χ0n) is 11.4. The Hall–Kier alpha value is -2.01. The average Bonchev–Trinajstić information content (AvgIpc) is 2.27. The molecule has 1 aromatic rings. The minimum atomic E-state index is -1.05. The Bertz CT molecular complexity index is 547. The number of carboxylic acid groups (broad SMARTS) is 1. The molecule has 0 saturated carbocycles. The number of ether oxygens (including phenoxy) is 1. The fourth-order valence-electron chi connectivity index (χ4n) is 1.32. The number of benzene rings is 1. The van der Waals surface area contributed by atoms with E-state index in [1.807, 2.05) is 0 Å². The van der Waals surface area contributed by atoms with Gasteiger partial charge < -0.3 is 9.84 Å². The quantitative estimate of drug-likeness (QED) is 0.832. The van der Waals surface area contributed by atoms with E-state index < -0.39 is 17.7 Å². The summed E-state index contributed by atoms with van der Waals surface area (Å²) in [6, 6.07) is 4.77. The van der Waals surface area contributed by atoms with E-state index in [9.17, 15) is 9.59 Å². The summed E-state index contributed by atoms with van der Waals surface area (Å²) in [5.74, 6) is -1.05. The van der Waals surface area contributed by atoms with E-state index in [4.69, 9.17) is 21.4 Å². The minimum absolute atomic E-state index is 0.336. The lowest BCUT2D eigenvalue weighted by Crippen LogP contribution is -2.27. The third-order valence-corrected chi connectivity index (χ3v) is 2.37. The van der Waals surface area contributed by atoms with Gasteiger partial charge in [0.1, 0.15) is 5.60 Å². The lowest BCUT2D eigenvalue weighted by molar-refractivity contribution is -0.131. The summed E-state index contributed by atoms with van der Waals surface area (Å²) in [6.45, 7) is 5.25. The van der Waals surface area contributed by atoms with Crippen LogP contribution in [0.5, 0.6) is 0 Å². The SMILES string of the molecule is CC(C)(C)OC(=O)Nc1cc(/C=C/C(=O)O)ccc1Cl. The highest BCUT2D eigenvalue weighted by Gasteiger charge is 2.17. The van der Waals surface area contributed by atoms with Crippen molar-refractivity contribution in [1.29, 1.82) is 0 Å². The Morgan fingerprint density at radius 3 is 2.55 bits per heavy atom. The van der Waals surface area contributed by atoms with Gasteiger partial charge in [-0.3, -0.25) is 5.32 Å². The summed E-state index contributed by atoms with van der Waals surface area (Å²) < 4.78 is 5.11. The smallest absolute Gasteiger partial charge is 0.412 e. The second-order valence-corrected chi connectivity index (χ2v) is 5.44. The maximum absolute atomic E-state index is 11.7. The molecule has 1 amide bonds. The highest BCUT2D eigenvalue weighted by Crippen LogP contribution is 2.24. The van der Waals surface area contributed by atoms with E-state index in [0.29, 0.717) is 16.3 Å². The van der Waals surface area contributed by atoms with Crippen LogP contribution in [-0.2, 0) is 9.53 Å². The van der Waals surface area contributed by atoms with E-state index in [0.717, 1.165) is 6.08 Å². The predicted molar refractivity (Wildman–Crippen MR) is 78.0 cm³/mol. The van der Waals surface area contributed by atoms with Crippen molar-refractivity contribution in [1.82, 2.24) is 0 Å². The molecule has 5 nitrogen and oxygen atoms in total. The van der Waals surface area contributed by atoms with Crippen LogP contribution in [-0.4, -0.2) is 22.8 Å². The first kappa shape index (κ1) is 16.0. The number of amides is 1. The molecule has 0 aliphatic carbocycles. The molecule has 108 valence electrons. The molecule has 0 radical (unpaired) electrons. The van der Waals surface area contributed by atoms with Gasteiger partial charge in [0, 0.05) is 6.08 Å². The molecule has 0 spiro atoms. The first-order valence-corrected chi connectivity index (χ1v) is 6.26. The van der Waals surface area contributed by atoms with Crippen LogP contribution in [0.1, 0.15) is 26.3 Å². The van der Waals surface area contributed by atoms with Gasteiger partial charge in [0.25, 0.3) is 0 Å². The lowest BCUT2D eigenvalue weighted by atomic mass is 10.2. The molecule has 0 aliphatic heterocycles. The van der Waals surface area contributed by atoms with Gasteiger partial charge in [-0.2, -0.15) is 0 Å². The monoisotopic (exact) mass is 297 g/mol. The molecular formula is C14H16ClNO4. The minimum Gasteiger partial charge on any atom is -0.478 e. The van der Waals surface area contributed by atoms with Crippen LogP contribution in [0, 0.1) is 0 Å². The molecule has 0 heterocycles. The van der Waals surface area contributed by atoms with Crippen LogP contribution in [0.3, 0.4) is 0 Å². The third kappa shape index (κ3) is 5.75. The Morgan fingerprint density at radius 2 is 2.00 bits per heavy atom. The molecule has 0 aromatic heterocycles. The largest absolute Gasteiger partial charge is 0.478 e. The molecular weight excluding hydrogens is 282 g/mol. The second kappa shape index (κ2) is 6.43. The molecule has 0 fully saturated rings. The number of nitrogens with one attached hydrogen (secondary N) is 1. The Morgan fingerprint density at radius 1 is 1.35 bits per heavy atom. The van der Waals surface area contributed by atoms with Gasteiger partial charge in [0.05, 0.1) is 10.7 Å². The number of carboxylic acids is 1. The first-order valence-electron chi connectivity index (χ1n) is 5.88. The van der Waals surface area contributed by atoms with Gasteiger partial charge in [-0.1, -0.05) is 17.7 Å². The Labute approximate surface area is 122 Å². The van der Waals surface area contributed by atoms with E-state index in [2.05, 4.69) is 5.32 Å². The summed E-state index contributed by atoms with van der Waals surface area (Å²) in [6.07, 6.45) is 1.78. The van der Waals surface area contributed by atoms with Crippen molar-refractivity contribution in [3.05, 3.63) is 34.9 Å². The van der Waals surface area contributed by atoms with Crippen molar-refractivity contribution in [2.24, 2.45) is 0 Å². The number of aliphatic carboxylic acids is 1. The molecule has 0 unspecified atom stereocenters. The summed E-state index contributed by atoms with van der Waals surface area (Å²) in [4.78, 5) is 22.1. The number of carbonyl (C=O) groups is 2. The van der Waals surface area contributed by atoms with Crippen LogP contribution in [0.15, 0.2) is 24.3 Å². The Balaban J connectivity index is 2.87. The lowest BCUT2D eigenvalue weighted by Gasteiger charge is -2.20. The molecule has 6 heteroatoms. The van der Waals surface area contributed by atoms with Crippen molar-refractivity contribution in [3.63, 3.8) is 0 Å². The van der Waals surface area contributed by atoms with Crippen molar-refractivity contribution in [2.75, 3.05) is 5.32 Å². The van der Waals surface area contributed by atoms with E-state index in [1.165, 1.54) is 6.08 Å². The highest BCUT2D eigenvalue weighted by molar-refractivity contribution is 6.33. The zero-order valence-corrected chi connectivity index (χ0v) is 12.2. The van der Waals surface area contributed by atoms with Crippen LogP contribution >= 0.6 is 11.6 Å². The van der Waals surface area contributed by atoms with Crippen LogP contribution in [0.2, 0.25) is 5.02 Å². The maximum atomic E-state index is 11.7. The number of halogens is 1. The standard InChI is InChI=1S/C14H16ClNO4/c1-14(2,3)20-13(19)16-11-8-9(4-6-10(11)15)5-7-12(17)18/h4-8H,1-3H3,(H,16,19)(H,17,18)/b7-5+. The van der Waals surface area contributed by atoms with Gasteiger partial charge in [0.15, 0.2) is 0 Å². The van der Waals surface area contributed by atoms with E-state index in [1.54, 1.807) is 39.0 Å². The topological polar surface area (TPSA) is 75.6 Å². The van der Waals surface area contributed by atoms with Crippen molar-refractivity contribution < 1.29 is 19.4 Å². The normalized spacial score (nSPS) is 11.4. The van der Waals surface area contributed by atoms with Gasteiger partial charge in [0.2, 0.25) is 0 Å². The van der Waals surface area contributed by atoms with Crippen LogP contribution < -0.4 is 5.32 Å². The molecule has 0 saturated heterocycles. The molecule has 20 heavy (non-hydrogen) atoms. The third-order valence-electron chi connectivity index (χ3n) is 2.04. The first-order chi connectivity index (χ1) is 9.17. The zero-order chi connectivity index (χ0) is 15.3. The fraction of sp³-hybridized carbons (Fsp3) is 0.286. The fourth-order valence-corrected chi connectivity index (χ4v) is 1.49. The van der Waals surface area contributed by atoms with Gasteiger partial charge in [-0.15, -0.1) is 0 Å². The number of anilines is 1. The number of hydrogen-bond acceptors (Lipinski definition) is 3. The molecule has 1 rings (SSSR count). The van der Waals surface area contributed by atoms with Crippen LogP contribution in [0.4, 0.5) is 10.5 Å². The summed E-state index contributed by atoms with van der Waals surface area (Å²) in [5, 5.41) is 11.4. The van der Waals surface area contributed by atoms with Gasteiger partial charge >= 0.3 is 12.1 Å². The van der Waals surface area contributed by atoms with Crippen molar-refractivity contribution in [3.8, 4) is 0 Å². The van der Waals surface area contributed by atoms with E-state index >= 15 is 0 Å². The summed E-state index contributed by atoms with van der Waals surface area (Å²) in [7, 11) is 0. The second-order valence-electron chi connectivity index (χ2n) is 5.04. The molecule has 0 atom stereocenters. The summed E-state index contributed by atoms with van der Waals surface area (Å²) in [5.41, 5.74) is 0.341. The maximum Gasteiger partial charge on any atom is 0.412 e. The molecule has 0 bridgehead atoms. The number of carbonyl (C=O) groups excluding carboxylic acids is 1. The van der Waals surface area contributed by atoms with Gasteiger partial charge in [-0.05, 0) is 44.5 Å².